The average molecular weight is 292 g/mol. The summed E-state index contributed by atoms with van der Waals surface area (Å²) in [6.07, 6.45) is 9.59. The first-order valence-corrected chi connectivity index (χ1v) is 9.26. The summed E-state index contributed by atoms with van der Waals surface area (Å²) in [7, 11) is 0. The zero-order chi connectivity index (χ0) is 13.8. The van der Waals surface area contributed by atoms with Crippen LogP contribution in [0.4, 0.5) is 0 Å². The Balaban J connectivity index is 1.88. The van der Waals surface area contributed by atoms with E-state index in [1.165, 1.54) is 58.0 Å². The molecule has 1 N–H and O–H groups in total. The van der Waals surface area contributed by atoms with Crippen molar-refractivity contribution >= 4 is 11.3 Å². The molecule has 112 valence electrons. The Kier molecular flexibility index (Phi) is 4.79. The zero-order valence-corrected chi connectivity index (χ0v) is 13.6. The predicted octanol–water partition coefficient (Wildman–Crippen LogP) is 4.20. The molecule has 3 rings (SSSR count). The molecule has 1 saturated heterocycles. The van der Waals surface area contributed by atoms with E-state index >= 15 is 0 Å². The van der Waals surface area contributed by atoms with Gasteiger partial charge in [0.25, 0.3) is 0 Å². The summed E-state index contributed by atoms with van der Waals surface area (Å²) in [6, 6.07) is 5.10. The third-order valence-corrected chi connectivity index (χ3v) is 6.11. The lowest BCUT2D eigenvalue weighted by Crippen LogP contribution is -2.54. The Hall–Kier alpha value is -0.380. The molecule has 0 amide bonds. The molecule has 0 aromatic carbocycles. The second-order valence-corrected chi connectivity index (χ2v) is 7.39. The summed E-state index contributed by atoms with van der Waals surface area (Å²) in [5.41, 5.74) is 0.399. The minimum absolute atomic E-state index is 0.399. The van der Waals surface area contributed by atoms with Crippen LogP contribution in [0.15, 0.2) is 17.5 Å². The molecule has 1 unspecified atom stereocenters. The molecular weight excluding hydrogens is 264 g/mol. The summed E-state index contributed by atoms with van der Waals surface area (Å²) in [6.45, 7) is 6.04. The Morgan fingerprint density at radius 2 is 2.00 bits per heavy atom. The van der Waals surface area contributed by atoms with Crippen molar-refractivity contribution < 1.29 is 0 Å². The lowest BCUT2D eigenvalue weighted by Gasteiger charge is -2.45. The number of hydrogen-bond acceptors (Lipinski definition) is 3. The first kappa shape index (κ1) is 14.6. The molecule has 2 nitrogen and oxygen atoms in total. The Bertz CT molecular complexity index is 389. The lowest BCUT2D eigenvalue weighted by atomic mass is 9.85. The van der Waals surface area contributed by atoms with Gasteiger partial charge in [-0.3, -0.25) is 4.90 Å². The van der Waals surface area contributed by atoms with Gasteiger partial charge in [-0.15, -0.1) is 11.3 Å². The molecule has 0 spiro atoms. The first-order valence-electron chi connectivity index (χ1n) is 8.39. The fourth-order valence-electron chi connectivity index (χ4n) is 4.24. The van der Waals surface area contributed by atoms with Gasteiger partial charge in [-0.2, -0.15) is 0 Å². The number of likely N-dealkylation sites (tertiary alicyclic amines) is 1. The molecule has 2 heterocycles. The van der Waals surface area contributed by atoms with Gasteiger partial charge in [0.2, 0.25) is 0 Å². The fraction of sp³-hybridized carbons (Fsp3) is 0.765. The van der Waals surface area contributed by atoms with Crippen LogP contribution in [-0.4, -0.2) is 30.1 Å². The van der Waals surface area contributed by atoms with Crippen LogP contribution >= 0.6 is 11.3 Å². The smallest absolute Gasteiger partial charge is 0.0601 e. The maximum Gasteiger partial charge on any atom is 0.0601 e. The van der Waals surface area contributed by atoms with E-state index in [2.05, 4.69) is 34.7 Å². The van der Waals surface area contributed by atoms with Gasteiger partial charge in [0.1, 0.15) is 0 Å². The van der Waals surface area contributed by atoms with E-state index in [0.29, 0.717) is 11.6 Å². The molecular formula is C17H28N2S. The highest BCUT2D eigenvalue weighted by Crippen LogP contribution is 2.46. The van der Waals surface area contributed by atoms with E-state index < -0.39 is 0 Å². The van der Waals surface area contributed by atoms with E-state index in [4.69, 9.17) is 0 Å². The van der Waals surface area contributed by atoms with Crippen molar-refractivity contribution in [2.24, 2.45) is 0 Å². The number of nitrogens with one attached hydrogen (secondary N) is 1. The van der Waals surface area contributed by atoms with Crippen molar-refractivity contribution in [3.05, 3.63) is 22.4 Å². The minimum Gasteiger partial charge on any atom is -0.308 e. The molecule has 1 saturated carbocycles. The summed E-state index contributed by atoms with van der Waals surface area (Å²) in [5.74, 6) is 0. The number of rotatable bonds is 6. The van der Waals surface area contributed by atoms with Crippen molar-refractivity contribution in [2.45, 2.75) is 63.5 Å². The van der Waals surface area contributed by atoms with Gasteiger partial charge in [-0.05, 0) is 63.2 Å². The molecule has 1 atom stereocenters. The van der Waals surface area contributed by atoms with Gasteiger partial charge in [0.15, 0.2) is 0 Å². The van der Waals surface area contributed by atoms with Crippen LogP contribution in [0.1, 0.15) is 62.8 Å². The standard InChI is InChI=1S/C17H28N2S/c1-2-11-18-16(15-8-7-14-20-15)17(9-3-4-10-17)19-12-5-6-13-19/h7-8,14,16,18H,2-6,9-13H2,1H3. The van der Waals surface area contributed by atoms with Crippen molar-refractivity contribution in [1.82, 2.24) is 10.2 Å². The molecule has 20 heavy (non-hydrogen) atoms. The van der Waals surface area contributed by atoms with Gasteiger partial charge in [0, 0.05) is 10.4 Å². The van der Waals surface area contributed by atoms with Crippen LogP contribution in [0.5, 0.6) is 0 Å². The van der Waals surface area contributed by atoms with Crippen molar-refractivity contribution in [1.29, 1.82) is 0 Å². The monoisotopic (exact) mass is 292 g/mol. The molecule has 0 bridgehead atoms. The maximum absolute atomic E-state index is 3.90. The minimum atomic E-state index is 0.399. The van der Waals surface area contributed by atoms with Gasteiger partial charge >= 0.3 is 0 Å². The van der Waals surface area contributed by atoms with E-state index in [0.717, 1.165) is 6.54 Å². The quantitative estimate of drug-likeness (QED) is 0.845. The average Bonchev–Trinajstić information content (AvgIpc) is 3.22. The Labute approximate surface area is 127 Å². The largest absolute Gasteiger partial charge is 0.308 e. The molecule has 1 aliphatic heterocycles. The molecule has 2 fully saturated rings. The zero-order valence-electron chi connectivity index (χ0n) is 12.7. The Morgan fingerprint density at radius 1 is 1.25 bits per heavy atom. The molecule has 3 heteroatoms. The van der Waals surface area contributed by atoms with E-state index in [9.17, 15) is 0 Å². The summed E-state index contributed by atoms with van der Waals surface area (Å²) in [5, 5.41) is 6.14. The van der Waals surface area contributed by atoms with Gasteiger partial charge in [-0.1, -0.05) is 25.8 Å². The third-order valence-electron chi connectivity index (χ3n) is 5.17. The van der Waals surface area contributed by atoms with Gasteiger partial charge in [-0.25, -0.2) is 0 Å². The van der Waals surface area contributed by atoms with Crippen molar-refractivity contribution in [2.75, 3.05) is 19.6 Å². The van der Waals surface area contributed by atoms with Crippen LogP contribution < -0.4 is 5.32 Å². The van der Waals surface area contributed by atoms with Gasteiger partial charge in [0.05, 0.1) is 6.04 Å². The topological polar surface area (TPSA) is 15.3 Å². The van der Waals surface area contributed by atoms with Crippen LogP contribution in [-0.2, 0) is 0 Å². The second kappa shape index (κ2) is 6.59. The predicted molar refractivity (Wildman–Crippen MR) is 87.4 cm³/mol. The van der Waals surface area contributed by atoms with Crippen LogP contribution in [0.25, 0.3) is 0 Å². The number of hydrogen-bond donors (Lipinski definition) is 1. The van der Waals surface area contributed by atoms with E-state index in [1.54, 1.807) is 4.88 Å². The van der Waals surface area contributed by atoms with Gasteiger partial charge < -0.3 is 5.32 Å². The molecule has 1 aromatic heterocycles. The van der Waals surface area contributed by atoms with Crippen molar-refractivity contribution in [3.8, 4) is 0 Å². The number of thiophene rings is 1. The molecule has 0 radical (unpaired) electrons. The highest BCUT2D eigenvalue weighted by Gasteiger charge is 2.47. The summed E-state index contributed by atoms with van der Waals surface area (Å²) >= 11 is 1.94. The molecule has 1 aromatic rings. The van der Waals surface area contributed by atoms with Crippen LogP contribution in [0.2, 0.25) is 0 Å². The van der Waals surface area contributed by atoms with Crippen LogP contribution in [0.3, 0.4) is 0 Å². The number of nitrogens with zero attached hydrogens (tertiary/aromatic N) is 1. The first-order chi connectivity index (χ1) is 9.87. The normalized spacial score (nSPS) is 24.2. The molecule has 2 aliphatic rings. The lowest BCUT2D eigenvalue weighted by molar-refractivity contribution is 0.0778. The van der Waals surface area contributed by atoms with Crippen molar-refractivity contribution in [3.63, 3.8) is 0 Å². The second-order valence-electron chi connectivity index (χ2n) is 6.41. The fourth-order valence-corrected chi connectivity index (χ4v) is 5.15. The summed E-state index contributed by atoms with van der Waals surface area (Å²) < 4.78 is 0. The third kappa shape index (κ3) is 2.68. The molecule has 1 aliphatic carbocycles. The highest BCUT2D eigenvalue weighted by molar-refractivity contribution is 7.10. The highest BCUT2D eigenvalue weighted by atomic mass is 32.1. The van der Waals surface area contributed by atoms with E-state index in [1.807, 2.05) is 11.3 Å². The summed E-state index contributed by atoms with van der Waals surface area (Å²) in [4.78, 5) is 4.37. The van der Waals surface area contributed by atoms with E-state index in [-0.39, 0.29) is 0 Å². The Morgan fingerprint density at radius 3 is 2.60 bits per heavy atom. The SMILES string of the molecule is CCCNC(c1cccs1)C1(N2CCCC2)CCCC1. The van der Waals surface area contributed by atoms with Crippen LogP contribution in [0, 0.1) is 0 Å². The maximum atomic E-state index is 3.90.